The molecule has 0 atom stereocenters. The molecule has 3 nitrogen and oxygen atoms in total. The van der Waals surface area contributed by atoms with Crippen molar-refractivity contribution in [2.24, 2.45) is 11.1 Å². The van der Waals surface area contributed by atoms with Gasteiger partial charge in [-0.25, -0.2) is 0 Å². The first-order chi connectivity index (χ1) is 8.49. The van der Waals surface area contributed by atoms with E-state index in [-0.39, 0.29) is 11.3 Å². The van der Waals surface area contributed by atoms with Gasteiger partial charge in [-0.1, -0.05) is 32.6 Å². The van der Waals surface area contributed by atoms with Gasteiger partial charge in [0, 0.05) is 10.3 Å². The fraction of sp³-hybridized carbons (Fsp3) is 0.500. The molecule has 1 amide bonds. The Kier molecular flexibility index (Phi) is 5.39. The SMILES string of the molecule is CCC(C)(C)C(=O)NCc1ccc(C#CCN)s1. The molecule has 0 aliphatic rings. The van der Waals surface area contributed by atoms with Gasteiger partial charge in [0.2, 0.25) is 5.91 Å². The van der Waals surface area contributed by atoms with Crippen molar-refractivity contribution >= 4 is 17.2 Å². The maximum atomic E-state index is 11.9. The Balaban J connectivity index is 2.54. The highest BCUT2D eigenvalue weighted by Crippen LogP contribution is 2.20. The van der Waals surface area contributed by atoms with E-state index in [0.29, 0.717) is 13.1 Å². The third-order valence-corrected chi connectivity index (χ3v) is 3.90. The summed E-state index contributed by atoms with van der Waals surface area (Å²) in [5.74, 6) is 5.89. The lowest BCUT2D eigenvalue weighted by molar-refractivity contribution is -0.129. The molecule has 18 heavy (non-hydrogen) atoms. The zero-order chi connectivity index (χ0) is 13.6. The van der Waals surface area contributed by atoms with Gasteiger partial charge in [0.1, 0.15) is 0 Å². The Labute approximate surface area is 113 Å². The van der Waals surface area contributed by atoms with Crippen LogP contribution in [0.3, 0.4) is 0 Å². The van der Waals surface area contributed by atoms with Crippen LogP contribution in [-0.4, -0.2) is 12.5 Å². The smallest absolute Gasteiger partial charge is 0.225 e. The molecule has 0 bridgehead atoms. The van der Waals surface area contributed by atoms with E-state index < -0.39 is 0 Å². The Hall–Kier alpha value is -1.31. The molecule has 0 saturated heterocycles. The minimum atomic E-state index is -0.306. The van der Waals surface area contributed by atoms with Crippen LogP contribution in [-0.2, 0) is 11.3 Å². The molecule has 0 spiro atoms. The van der Waals surface area contributed by atoms with Crippen molar-refractivity contribution in [1.82, 2.24) is 5.32 Å². The summed E-state index contributed by atoms with van der Waals surface area (Å²) in [6.07, 6.45) is 0.830. The third kappa shape index (κ3) is 4.17. The summed E-state index contributed by atoms with van der Waals surface area (Å²) < 4.78 is 0. The second-order valence-electron chi connectivity index (χ2n) is 4.69. The minimum absolute atomic E-state index is 0.0907. The molecule has 1 aromatic heterocycles. The fourth-order valence-corrected chi connectivity index (χ4v) is 2.07. The molecular formula is C14H20N2OS. The van der Waals surface area contributed by atoms with Crippen LogP contribution in [0.1, 0.15) is 36.9 Å². The highest BCUT2D eigenvalue weighted by Gasteiger charge is 2.24. The number of rotatable bonds is 4. The second kappa shape index (κ2) is 6.58. The Morgan fingerprint density at radius 2 is 2.22 bits per heavy atom. The maximum absolute atomic E-state index is 11.9. The standard InChI is InChI=1S/C14H20N2OS/c1-4-14(2,3)13(17)16-10-12-8-7-11(18-12)6-5-9-15/h7-8H,4,9-10,15H2,1-3H3,(H,16,17). The lowest BCUT2D eigenvalue weighted by atomic mass is 9.89. The van der Waals surface area contributed by atoms with E-state index in [1.807, 2.05) is 32.9 Å². The molecule has 0 aromatic carbocycles. The van der Waals surface area contributed by atoms with Crippen molar-refractivity contribution in [1.29, 1.82) is 0 Å². The van der Waals surface area contributed by atoms with Gasteiger partial charge in [-0.05, 0) is 18.6 Å². The van der Waals surface area contributed by atoms with Gasteiger partial charge in [-0.3, -0.25) is 4.79 Å². The molecule has 1 rings (SSSR count). The quantitative estimate of drug-likeness (QED) is 0.818. The summed E-state index contributed by atoms with van der Waals surface area (Å²) in [5.41, 5.74) is 5.01. The summed E-state index contributed by atoms with van der Waals surface area (Å²) in [5, 5.41) is 2.96. The number of carbonyl (C=O) groups excluding carboxylic acids is 1. The van der Waals surface area contributed by atoms with Crippen LogP contribution in [0.2, 0.25) is 0 Å². The summed E-state index contributed by atoms with van der Waals surface area (Å²) >= 11 is 1.59. The summed E-state index contributed by atoms with van der Waals surface area (Å²) in [7, 11) is 0. The monoisotopic (exact) mass is 264 g/mol. The van der Waals surface area contributed by atoms with Gasteiger partial charge in [-0.2, -0.15) is 0 Å². The average Bonchev–Trinajstić information content (AvgIpc) is 2.81. The zero-order valence-corrected chi connectivity index (χ0v) is 12.0. The van der Waals surface area contributed by atoms with Gasteiger partial charge >= 0.3 is 0 Å². The number of hydrogen-bond donors (Lipinski definition) is 2. The summed E-state index contributed by atoms with van der Waals surface area (Å²) in [4.78, 5) is 14.0. The molecule has 98 valence electrons. The van der Waals surface area contributed by atoms with Crippen molar-refractivity contribution in [3.05, 3.63) is 21.9 Å². The van der Waals surface area contributed by atoms with E-state index in [0.717, 1.165) is 16.2 Å². The molecule has 0 unspecified atom stereocenters. The van der Waals surface area contributed by atoms with Crippen molar-refractivity contribution in [3.63, 3.8) is 0 Å². The largest absolute Gasteiger partial charge is 0.351 e. The van der Waals surface area contributed by atoms with Crippen molar-refractivity contribution in [2.45, 2.75) is 33.7 Å². The molecule has 0 aliphatic heterocycles. The van der Waals surface area contributed by atoms with Gasteiger partial charge < -0.3 is 11.1 Å². The van der Waals surface area contributed by atoms with Crippen LogP contribution in [0.5, 0.6) is 0 Å². The van der Waals surface area contributed by atoms with Crippen LogP contribution in [0.15, 0.2) is 12.1 Å². The molecule has 3 N–H and O–H groups in total. The van der Waals surface area contributed by atoms with Gasteiger partial charge in [0.25, 0.3) is 0 Å². The maximum Gasteiger partial charge on any atom is 0.225 e. The van der Waals surface area contributed by atoms with Gasteiger partial charge in [0.15, 0.2) is 0 Å². The van der Waals surface area contributed by atoms with Crippen molar-refractivity contribution in [2.75, 3.05) is 6.54 Å². The Bertz CT molecular complexity index is 466. The van der Waals surface area contributed by atoms with Crippen LogP contribution in [0.25, 0.3) is 0 Å². The van der Waals surface area contributed by atoms with Crippen LogP contribution < -0.4 is 11.1 Å². The number of nitrogens with one attached hydrogen (secondary N) is 1. The highest BCUT2D eigenvalue weighted by atomic mass is 32.1. The van der Waals surface area contributed by atoms with E-state index in [9.17, 15) is 4.79 Å². The molecule has 0 fully saturated rings. The fourth-order valence-electron chi connectivity index (χ4n) is 1.25. The number of amides is 1. The van der Waals surface area contributed by atoms with Gasteiger partial charge in [0.05, 0.1) is 18.0 Å². The lowest BCUT2D eigenvalue weighted by Gasteiger charge is -2.21. The average molecular weight is 264 g/mol. The summed E-state index contributed by atoms with van der Waals surface area (Å²) in [6.45, 7) is 6.86. The first-order valence-corrected chi connectivity index (χ1v) is 6.87. The predicted octanol–water partition coefficient (Wildman–Crippen LogP) is 2.11. The summed E-state index contributed by atoms with van der Waals surface area (Å²) in [6, 6.07) is 3.95. The van der Waals surface area contributed by atoms with Gasteiger partial charge in [-0.15, -0.1) is 11.3 Å². The van der Waals surface area contributed by atoms with Crippen molar-refractivity contribution in [3.8, 4) is 11.8 Å². The van der Waals surface area contributed by atoms with Crippen molar-refractivity contribution < 1.29 is 4.79 Å². The van der Waals surface area contributed by atoms with E-state index >= 15 is 0 Å². The van der Waals surface area contributed by atoms with Crippen LogP contribution >= 0.6 is 11.3 Å². The van der Waals surface area contributed by atoms with E-state index in [2.05, 4.69) is 17.2 Å². The molecule has 0 radical (unpaired) electrons. The lowest BCUT2D eigenvalue weighted by Crippen LogP contribution is -2.35. The van der Waals surface area contributed by atoms with E-state index in [1.165, 1.54) is 0 Å². The predicted molar refractivity (Wildman–Crippen MR) is 76.2 cm³/mol. The number of hydrogen-bond acceptors (Lipinski definition) is 3. The van der Waals surface area contributed by atoms with E-state index in [1.54, 1.807) is 11.3 Å². The highest BCUT2D eigenvalue weighted by molar-refractivity contribution is 7.12. The number of thiophene rings is 1. The minimum Gasteiger partial charge on any atom is -0.351 e. The molecule has 1 heterocycles. The zero-order valence-electron chi connectivity index (χ0n) is 11.2. The van der Waals surface area contributed by atoms with E-state index in [4.69, 9.17) is 5.73 Å². The Morgan fingerprint density at radius 1 is 1.50 bits per heavy atom. The Morgan fingerprint density at radius 3 is 2.83 bits per heavy atom. The van der Waals surface area contributed by atoms with Crippen LogP contribution in [0, 0.1) is 17.3 Å². The van der Waals surface area contributed by atoms with Crippen LogP contribution in [0.4, 0.5) is 0 Å². The topological polar surface area (TPSA) is 55.1 Å². The molecule has 0 aliphatic carbocycles. The molecule has 4 heteroatoms. The number of carbonyl (C=O) groups is 1. The number of nitrogens with two attached hydrogens (primary N) is 1. The molecule has 1 aromatic rings. The molecular weight excluding hydrogens is 244 g/mol. The normalized spacial score (nSPS) is 10.7. The molecule has 0 saturated carbocycles. The second-order valence-corrected chi connectivity index (χ2v) is 5.86. The first-order valence-electron chi connectivity index (χ1n) is 6.05. The third-order valence-electron chi connectivity index (χ3n) is 2.90. The first kappa shape index (κ1) is 14.7.